The van der Waals surface area contributed by atoms with Crippen LogP contribution in [-0.2, 0) is 9.53 Å². The number of thiazole rings is 1. The molecule has 1 heterocycles. The Morgan fingerprint density at radius 3 is 2.70 bits per heavy atom. The Kier molecular flexibility index (Phi) is 4.42. The first kappa shape index (κ1) is 15.0. The third kappa shape index (κ3) is 3.36. The Labute approximate surface area is 128 Å². The summed E-state index contributed by atoms with van der Waals surface area (Å²) in [6, 6.07) is 7.71. The van der Waals surface area contributed by atoms with Gasteiger partial charge in [0.2, 0.25) is 5.72 Å². The Hall–Kier alpha value is -1.44. The number of carbonyl (C=O) groups excluding carboxylic acids is 1. The van der Waals surface area contributed by atoms with Gasteiger partial charge in [-0.25, -0.2) is 9.78 Å². The molecule has 0 radical (unpaired) electrons. The Bertz CT molecular complexity index is 610. The van der Waals surface area contributed by atoms with E-state index in [0.29, 0.717) is 5.13 Å². The summed E-state index contributed by atoms with van der Waals surface area (Å²) in [7, 11) is 1.22. The van der Waals surface area contributed by atoms with Crippen LogP contribution in [0.3, 0.4) is 0 Å². The number of rotatable bonds is 4. The minimum atomic E-state index is -1.80. The molecule has 2 rings (SSSR count). The van der Waals surface area contributed by atoms with Crippen molar-refractivity contribution in [2.24, 2.45) is 0 Å². The van der Waals surface area contributed by atoms with Crippen LogP contribution in [0.1, 0.15) is 6.92 Å². The van der Waals surface area contributed by atoms with E-state index in [9.17, 15) is 9.90 Å². The van der Waals surface area contributed by atoms with Gasteiger partial charge < -0.3 is 15.2 Å². The van der Waals surface area contributed by atoms with Crippen LogP contribution in [0.2, 0.25) is 0 Å². The van der Waals surface area contributed by atoms with Crippen molar-refractivity contribution < 1.29 is 14.6 Å². The van der Waals surface area contributed by atoms with Gasteiger partial charge in [0.25, 0.3) is 0 Å². The van der Waals surface area contributed by atoms with Crippen LogP contribution in [-0.4, -0.2) is 28.9 Å². The average Bonchev–Trinajstić information content (AvgIpc) is 2.86. The molecule has 7 heteroatoms. The number of anilines is 1. The van der Waals surface area contributed by atoms with E-state index in [1.165, 1.54) is 25.4 Å². The average molecular weight is 357 g/mol. The number of aliphatic hydroxyl groups is 1. The molecule has 0 aliphatic carbocycles. The highest BCUT2D eigenvalue weighted by Crippen LogP contribution is 2.27. The second-order valence-electron chi connectivity index (χ2n) is 4.23. The zero-order chi connectivity index (χ0) is 14.8. The number of methoxy groups -OCH3 is 1. The van der Waals surface area contributed by atoms with Gasteiger partial charge in [0.1, 0.15) is 0 Å². The number of aromatic nitrogens is 1. The van der Waals surface area contributed by atoms with Gasteiger partial charge in [-0.2, -0.15) is 0 Å². The quantitative estimate of drug-likeness (QED) is 0.650. The highest BCUT2D eigenvalue weighted by molar-refractivity contribution is 9.10. The molecular formula is C13H13BrN2O3S. The zero-order valence-electron chi connectivity index (χ0n) is 10.9. The van der Waals surface area contributed by atoms with Crippen molar-refractivity contribution in [2.75, 3.05) is 12.4 Å². The van der Waals surface area contributed by atoms with Gasteiger partial charge in [0.05, 0.1) is 12.8 Å². The zero-order valence-corrected chi connectivity index (χ0v) is 13.3. The normalized spacial score (nSPS) is 13.6. The summed E-state index contributed by atoms with van der Waals surface area (Å²) < 4.78 is 5.50. The molecule has 5 nitrogen and oxygen atoms in total. The molecule has 1 aromatic heterocycles. The Morgan fingerprint density at radius 1 is 1.45 bits per heavy atom. The SMILES string of the molecule is COC(=O)C(C)(O)Nc1nc(-c2ccc(Br)cc2)cs1. The first-order chi connectivity index (χ1) is 9.42. The van der Waals surface area contributed by atoms with Gasteiger partial charge in [0.15, 0.2) is 5.13 Å². The molecular weight excluding hydrogens is 344 g/mol. The lowest BCUT2D eigenvalue weighted by Gasteiger charge is -2.20. The third-order valence-corrected chi connectivity index (χ3v) is 3.86. The maximum atomic E-state index is 11.4. The van der Waals surface area contributed by atoms with Crippen molar-refractivity contribution >= 4 is 38.4 Å². The van der Waals surface area contributed by atoms with E-state index in [1.807, 2.05) is 29.6 Å². The monoisotopic (exact) mass is 356 g/mol. The molecule has 0 amide bonds. The van der Waals surface area contributed by atoms with E-state index >= 15 is 0 Å². The van der Waals surface area contributed by atoms with E-state index in [-0.39, 0.29) is 0 Å². The molecule has 0 spiro atoms. The van der Waals surface area contributed by atoms with Crippen LogP contribution in [0.15, 0.2) is 34.1 Å². The number of esters is 1. The van der Waals surface area contributed by atoms with E-state index in [2.05, 4.69) is 31.0 Å². The second kappa shape index (κ2) is 5.90. The summed E-state index contributed by atoms with van der Waals surface area (Å²) >= 11 is 4.67. The van der Waals surface area contributed by atoms with E-state index < -0.39 is 11.7 Å². The van der Waals surface area contributed by atoms with Gasteiger partial charge in [-0.05, 0) is 19.1 Å². The minimum absolute atomic E-state index is 0.443. The van der Waals surface area contributed by atoms with E-state index in [1.54, 1.807) is 0 Å². The standard InChI is InChI=1S/C13H13BrN2O3S/c1-13(18,11(17)19-2)16-12-15-10(7-20-12)8-3-5-9(14)6-4-8/h3-7,18H,1-2H3,(H,15,16). The fourth-order valence-corrected chi connectivity index (χ4v) is 2.63. The summed E-state index contributed by atoms with van der Waals surface area (Å²) in [6.07, 6.45) is 0. The number of ether oxygens (including phenoxy) is 1. The van der Waals surface area contributed by atoms with Crippen LogP contribution >= 0.6 is 27.3 Å². The molecule has 1 aromatic carbocycles. The fourth-order valence-electron chi connectivity index (χ4n) is 1.54. The predicted octanol–water partition coefficient (Wildman–Crippen LogP) is 2.87. The van der Waals surface area contributed by atoms with Gasteiger partial charge in [0, 0.05) is 15.4 Å². The summed E-state index contributed by atoms with van der Waals surface area (Å²) in [5.41, 5.74) is -0.0790. The van der Waals surface area contributed by atoms with Crippen LogP contribution in [0.25, 0.3) is 11.3 Å². The van der Waals surface area contributed by atoms with Crippen molar-refractivity contribution in [3.63, 3.8) is 0 Å². The molecule has 1 atom stereocenters. The molecule has 2 aromatic rings. The number of hydrogen-bond donors (Lipinski definition) is 2. The number of nitrogens with zero attached hydrogens (tertiary/aromatic N) is 1. The fraction of sp³-hybridized carbons (Fsp3) is 0.231. The molecule has 0 fully saturated rings. The van der Waals surface area contributed by atoms with Crippen LogP contribution in [0, 0.1) is 0 Å². The topological polar surface area (TPSA) is 71.5 Å². The Morgan fingerprint density at radius 2 is 2.10 bits per heavy atom. The van der Waals surface area contributed by atoms with Gasteiger partial charge in [-0.15, -0.1) is 11.3 Å². The van der Waals surface area contributed by atoms with Crippen LogP contribution in [0.5, 0.6) is 0 Å². The predicted molar refractivity (Wildman–Crippen MR) is 81.5 cm³/mol. The number of benzene rings is 1. The van der Waals surface area contributed by atoms with Crippen molar-refractivity contribution in [3.05, 3.63) is 34.1 Å². The largest absolute Gasteiger partial charge is 0.465 e. The smallest absolute Gasteiger partial charge is 0.359 e. The number of hydrogen-bond acceptors (Lipinski definition) is 6. The molecule has 20 heavy (non-hydrogen) atoms. The lowest BCUT2D eigenvalue weighted by Crippen LogP contribution is -2.44. The first-order valence-corrected chi connectivity index (χ1v) is 7.40. The maximum Gasteiger partial charge on any atom is 0.359 e. The number of carbonyl (C=O) groups is 1. The molecule has 0 saturated carbocycles. The summed E-state index contributed by atoms with van der Waals surface area (Å²) in [5.74, 6) is -0.766. The highest BCUT2D eigenvalue weighted by atomic mass is 79.9. The minimum Gasteiger partial charge on any atom is -0.465 e. The molecule has 0 bridgehead atoms. The van der Waals surface area contributed by atoms with Crippen molar-refractivity contribution in [1.82, 2.24) is 4.98 Å². The van der Waals surface area contributed by atoms with Crippen molar-refractivity contribution in [1.29, 1.82) is 0 Å². The molecule has 0 saturated heterocycles. The number of nitrogens with one attached hydrogen (secondary N) is 1. The molecule has 106 valence electrons. The molecule has 2 N–H and O–H groups in total. The first-order valence-electron chi connectivity index (χ1n) is 5.73. The maximum absolute atomic E-state index is 11.4. The lowest BCUT2D eigenvalue weighted by molar-refractivity contribution is -0.157. The van der Waals surface area contributed by atoms with E-state index in [0.717, 1.165) is 15.7 Å². The van der Waals surface area contributed by atoms with E-state index in [4.69, 9.17) is 0 Å². The van der Waals surface area contributed by atoms with Crippen molar-refractivity contribution in [2.45, 2.75) is 12.6 Å². The highest BCUT2D eigenvalue weighted by Gasteiger charge is 2.32. The Balaban J connectivity index is 2.17. The molecule has 0 aliphatic heterocycles. The molecule has 1 unspecified atom stereocenters. The van der Waals surface area contributed by atoms with Crippen LogP contribution < -0.4 is 5.32 Å². The van der Waals surface area contributed by atoms with Crippen molar-refractivity contribution in [3.8, 4) is 11.3 Å². The van der Waals surface area contributed by atoms with Gasteiger partial charge in [-0.3, -0.25) is 0 Å². The summed E-state index contributed by atoms with van der Waals surface area (Å²) in [4.78, 5) is 15.7. The van der Waals surface area contributed by atoms with Gasteiger partial charge in [-0.1, -0.05) is 28.1 Å². The third-order valence-electron chi connectivity index (χ3n) is 2.58. The molecule has 0 aliphatic rings. The summed E-state index contributed by atoms with van der Waals surface area (Å²) in [6.45, 7) is 1.32. The van der Waals surface area contributed by atoms with Crippen LogP contribution in [0.4, 0.5) is 5.13 Å². The van der Waals surface area contributed by atoms with Gasteiger partial charge >= 0.3 is 5.97 Å². The summed E-state index contributed by atoms with van der Waals surface area (Å²) in [5, 5.41) is 14.9. The lowest BCUT2D eigenvalue weighted by atomic mass is 10.2. The second-order valence-corrected chi connectivity index (χ2v) is 6.01. The number of halogens is 1.